The van der Waals surface area contributed by atoms with Gasteiger partial charge in [0.1, 0.15) is 6.54 Å². The van der Waals surface area contributed by atoms with Gasteiger partial charge in [0.05, 0.1) is 0 Å². The fraction of sp³-hybridized carbons (Fsp3) is 0.556. The second-order valence-electron chi connectivity index (χ2n) is 6.13. The third-order valence-corrected chi connectivity index (χ3v) is 5.03. The van der Waals surface area contributed by atoms with E-state index < -0.39 is 0 Å². The maximum absolute atomic E-state index is 12.8. The molecule has 1 atom stereocenters. The van der Waals surface area contributed by atoms with Gasteiger partial charge in [0, 0.05) is 30.2 Å². The molecule has 2 rings (SSSR count). The lowest BCUT2D eigenvalue weighted by Crippen LogP contribution is -2.48. The number of rotatable bonds is 4. The molecule has 0 aromatic heterocycles. The van der Waals surface area contributed by atoms with Crippen molar-refractivity contribution in [3.63, 3.8) is 0 Å². The summed E-state index contributed by atoms with van der Waals surface area (Å²) in [6.45, 7) is 6.33. The van der Waals surface area contributed by atoms with E-state index in [1.54, 1.807) is 12.1 Å². The number of piperidine rings is 1. The van der Waals surface area contributed by atoms with E-state index in [4.69, 9.17) is 11.6 Å². The van der Waals surface area contributed by atoms with Crippen LogP contribution in [0, 0.1) is 6.92 Å². The Morgan fingerprint density at radius 3 is 2.74 bits per heavy atom. The van der Waals surface area contributed by atoms with Gasteiger partial charge in [-0.3, -0.25) is 9.59 Å². The average Bonchev–Trinajstić information content (AvgIpc) is 2.55. The Morgan fingerprint density at radius 1 is 1.35 bits per heavy atom. The van der Waals surface area contributed by atoms with Gasteiger partial charge in [0.2, 0.25) is 11.8 Å². The zero-order chi connectivity index (χ0) is 17.0. The van der Waals surface area contributed by atoms with Crippen LogP contribution < -0.4 is 4.90 Å². The highest BCUT2D eigenvalue weighted by molar-refractivity contribution is 6.31. The highest BCUT2D eigenvalue weighted by Crippen LogP contribution is 2.27. The molecule has 5 heteroatoms. The Kier molecular flexibility index (Phi) is 6.05. The van der Waals surface area contributed by atoms with E-state index >= 15 is 0 Å². The minimum Gasteiger partial charge on any atom is -0.338 e. The Hall–Kier alpha value is -1.55. The molecule has 0 bridgehead atoms. The molecule has 126 valence electrons. The quantitative estimate of drug-likeness (QED) is 0.839. The van der Waals surface area contributed by atoms with E-state index in [1.807, 2.05) is 17.9 Å². The lowest BCUT2D eigenvalue weighted by Gasteiger charge is -2.36. The van der Waals surface area contributed by atoms with Crippen LogP contribution in [0.2, 0.25) is 5.02 Å². The normalized spacial score (nSPS) is 17.9. The van der Waals surface area contributed by atoms with Gasteiger partial charge in [-0.25, -0.2) is 0 Å². The Labute approximate surface area is 143 Å². The van der Waals surface area contributed by atoms with E-state index in [9.17, 15) is 9.59 Å². The minimum atomic E-state index is -0.145. The fourth-order valence-electron chi connectivity index (χ4n) is 3.23. The molecule has 23 heavy (non-hydrogen) atoms. The summed E-state index contributed by atoms with van der Waals surface area (Å²) in [6, 6.07) is 5.73. The van der Waals surface area contributed by atoms with Gasteiger partial charge in [-0.05, 0) is 50.3 Å². The van der Waals surface area contributed by atoms with Gasteiger partial charge in [-0.1, -0.05) is 24.6 Å². The smallest absolute Gasteiger partial charge is 0.242 e. The van der Waals surface area contributed by atoms with E-state index in [2.05, 4.69) is 6.92 Å². The third-order valence-electron chi connectivity index (χ3n) is 4.62. The number of hydrogen-bond donors (Lipinski definition) is 0. The first kappa shape index (κ1) is 17.8. The van der Waals surface area contributed by atoms with Crippen LogP contribution in [0.1, 0.15) is 45.1 Å². The Balaban J connectivity index is 2.21. The summed E-state index contributed by atoms with van der Waals surface area (Å²) in [4.78, 5) is 28.3. The minimum absolute atomic E-state index is 0.0196. The van der Waals surface area contributed by atoms with Crippen molar-refractivity contribution >= 4 is 29.1 Å². The zero-order valence-electron chi connectivity index (χ0n) is 14.1. The number of halogens is 1. The second-order valence-corrected chi connectivity index (χ2v) is 6.54. The molecule has 1 aromatic carbocycles. The number of amides is 2. The van der Waals surface area contributed by atoms with Gasteiger partial charge in [0.25, 0.3) is 0 Å². The van der Waals surface area contributed by atoms with Crippen LogP contribution in [0.15, 0.2) is 18.2 Å². The van der Waals surface area contributed by atoms with Crippen LogP contribution in [-0.2, 0) is 9.59 Å². The van der Waals surface area contributed by atoms with E-state index in [0.717, 1.165) is 31.4 Å². The van der Waals surface area contributed by atoms with Crippen molar-refractivity contribution in [1.82, 2.24) is 4.90 Å². The molecule has 1 fully saturated rings. The molecule has 1 heterocycles. The molecule has 0 saturated carbocycles. The van der Waals surface area contributed by atoms with Crippen LogP contribution in [0.3, 0.4) is 0 Å². The molecular formula is C18H25ClN2O2. The standard InChI is InChI=1S/C18H25ClN2O2/c1-4-15-8-5-6-11-20(15)18(23)12-21(14(3)22)17-10-7-9-16(19)13(17)2/h7,9-10,15H,4-6,8,11-12H2,1-3H3. The van der Waals surface area contributed by atoms with Crippen molar-refractivity contribution in [2.24, 2.45) is 0 Å². The number of nitrogens with zero attached hydrogens (tertiary/aromatic N) is 2. The van der Waals surface area contributed by atoms with Crippen LogP contribution in [0.4, 0.5) is 5.69 Å². The summed E-state index contributed by atoms with van der Waals surface area (Å²) in [5, 5.41) is 0.602. The number of benzene rings is 1. The van der Waals surface area contributed by atoms with Crippen LogP contribution in [0.5, 0.6) is 0 Å². The van der Waals surface area contributed by atoms with Gasteiger partial charge < -0.3 is 9.80 Å². The number of anilines is 1. The number of carbonyl (C=O) groups excluding carboxylic acids is 2. The predicted molar refractivity (Wildman–Crippen MR) is 93.9 cm³/mol. The van der Waals surface area contributed by atoms with Crippen molar-refractivity contribution in [1.29, 1.82) is 0 Å². The molecule has 1 aliphatic rings. The first-order valence-corrected chi connectivity index (χ1v) is 8.66. The highest BCUT2D eigenvalue weighted by Gasteiger charge is 2.28. The first-order valence-electron chi connectivity index (χ1n) is 8.28. The summed E-state index contributed by atoms with van der Waals surface area (Å²) in [6.07, 6.45) is 4.23. The lowest BCUT2D eigenvalue weighted by molar-refractivity contribution is -0.134. The molecular weight excluding hydrogens is 312 g/mol. The molecule has 0 spiro atoms. The Bertz CT molecular complexity index is 588. The zero-order valence-corrected chi connectivity index (χ0v) is 14.9. The van der Waals surface area contributed by atoms with Crippen molar-refractivity contribution in [2.45, 2.75) is 52.5 Å². The van der Waals surface area contributed by atoms with Crippen molar-refractivity contribution in [3.8, 4) is 0 Å². The molecule has 0 N–H and O–H groups in total. The molecule has 0 radical (unpaired) electrons. The third kappa shape index (κ3) is 4.05. The second kappa shape index (κ2) is 7.82. The monoisotopic (exact) mass is 336 g/mol. The molecule has 2 amide bonds. The maximum atomic E-state index is 12.8. The largest absolute Gasteiger partial charge is 0.338 e. The fourth-order valence-corrected chi connectivity index (χ4v) is 3.40. The van der Waals surface area contributed by atoms with Crippen molar-refractivity contribution < 1.29 is 9.59 Å². The molecule has 1 saturated heterocycles. The molecule has 1 aromatic rings. The summed E-state index contributed by atoms with van der Waals surface area (Å²) in [7, 11) is 0. The molecule has 4 nitrogen and oxygen atoms in total. The summed E-state index contributed by atoms with van der Waals surface area (Å²) < 4.78 is 0. The SMILES string of the molecule is CCC1CCCCN1C(=O)CN(C(C)=O)c1cccc(Cl)c1C. The van der Waals surface area contributed by atoms with Gasteiger partial charge >= 0.3 is 0 Å². The van der Waals surface area contributed by atoms with Gasteiger partial charge in [0.15, 0.2) is 0 Å². The lowest BCUT2D eigenvalue weighted by atomic mass is 10.00. The molecule has 1 unspecified atom stereocenters. The first-order chi connectivity index (χ1) is 11.0. The van der Waals surface area contributed by atoms with Crippen LogP contribution >= 0.6 is 11.6 Å². The van der Waals surface area contributed by atoms with Crippen molar-refractivity contribution in [2.75, 3.05) is 18.0 Å². The van der Waals surface area contributed by atoms with Gasteiger partial charge in [-0.15, -0.1) is 0 Å². The highest BCUT2D eigenvalue weighted by atomic mass is 35.5. The van der Waals surface area contributed by atoms with Gasteiger partial charge in [-0.2, -0.15) is 0 Å². The molecule has 0 aliphatic carbocycles. The van der Waals surface area contributed by atoms with E-state index in [0.29, 0.717) is 16.8 Å². The Morgan fingerprint density at radius 2 is 2.09 bits per heavy atom. The maximum Gasteiger partial charge on any atom is 0.242 e. The number of hydrogen-bond acceptors (Lipinski definition) is 2. The van der Waals surface area contributed by atoms with Crippen LogP contribution in [-0.4, -0.2) is 35.8 Å². The van der Waals surface area contributed by atoms with Crippen LogP contribution in [0.25, 0.3) is 0 Å². The van der Waals surface area contributed by atoms with E-state index in [-0.39, 0.29) is 18.4 Å². The number of carbonyl (C=O) groups is 2. The topological polar surface area (TPSA) is 40.6 Å². The summed E-state index contributed by atoms with van der Waals surface area (Å²) in [5.41, 5.74) is 1.53. The predicted octanol–water partition coefficient (Wildman–Crippen LogP) is 3.79. The average molecular weight is 337 g/mol. The number of likely N-dealkylation sites (tertiary alicyclic amines) is 1. The summed E-state index contributed by atoms with van der Waals surface area (Å²) in [5.74, 6) is -0.125. The molecule has 1 aliphatic heterocycles. The van der Waals surface area contributed by atoms with Crippen molar-refractivity contribution in [3.05, 3.63) is 28.8 Å². The van der Waals surface area contributed by atoms with E-state index in [1.165, 1.54) is 18.2 Å². The summed E-state index contributed by atoms with van der Waals surface area (Å²) >= 11 is 6.16.